The molecule has 0 aliphatic carbocycles. The molecule has 1 aliphatic rings. The van der Waals surface area contributed by atoms with Crippen LogP contribution in [0.25, 0.3) is 5.76 Å². The molecule has 8 nitrogen and oxygen atoms in total. The van der Waals surface area contributed by atoms with Crippen LogP contribution in [-0.2, 0) is 9.59 Å². The van der Waals surface area contributed by atoms with E-state index in [1.165, 1.54) is 31.3 Å². The van der Waals surface area contributed by atoms with Crippen LogP contribution in [-0.4, -0.2) is 54.2 Å². The number of unbranched alkanes of at least 4 members (excludes halogenated alkanes) is 2. The molecule has 36 heavy (non-hydrogen) atoms. The minimum atomic E-state index is -0.939. The normalized spacial score (nSPS) is 16.9. The van der Waals surface area contributed by atoms with Crippen LogP contribution in [0.4, 0.5) is 0 Å². The van der Waals surface area contributed by atoms with Crippen molar-refractivity contribution in [1.82, 2.24) is 4.90 Å². The number of carbonyl (C=O) groups is 2. The fourth-order valence-electron chi connectivity index (χ4n) is 4.25. The highest BCUT2D eigenvalue weighted by Gasteiger charge is 2.46. The van der Waals surface area contributed by atoms with Gasteiger partial charge in [-0.05, 0) is 37.1 Å². The van der Waals surface area contributed by atoms with Crippen LogP contribution < -0.4 is 14.2 Å². The van der Waals surface area contributed by atoms with Gasteiger partial charge in [0.15, 0.2) is 23.0 Å². The van der Waals surface area contributed by atoms with E-state index in [9.17, 15) is 19.8 Å². The maximum atomic E-state index is 13.3. The number of aromatic hydroxyl groups is 1. The van der Waals surface area contributed by atoms with E-state index >= 15 is 0 Å². The number of aliphatic hydroxyl groups excluding tert-OH is 1. The number of methoxy groups -OCH3 is 2. The first kappa shape index (κ1) is 27.5. The summed E-state index contributed by atoms with van der Waals surface area (Å²) in [5, 5.41) is 21.7. The van der Waals surface area contributed by atoms with Crippen LogP contribution in [0.2, 0.25) is 10.0 Å². The summed E-state index contributed by atoms with van der Waals surface area (Å²) in [6, 6.07) is 4.99. The number of amides is 1. The zero-order valence-electron chi connectivity index (χ0n) is 20.6. The quantitative estimate of drug-likeness (QED) is 0.172. The molecular weight excluding hydrogens is 509 g/mol. The number of ether oxygens (including phenoxy) is 3. The summed E-state index contributed by atoms with van der Waals surface area (Å²) in [5.74, 6) is -1.80. The Labute approximate surface area is 220 Å². The van der Waals surface area contributed by atoms with Crippen molar-refractivity contribution < 1.29 is 34.0 Å². The van der Waals surface area contributed by atoms with E-state index in [-0.39, 0.29) is 44.2 Å². The Morgan fingerprint density at radius 2 is 1.75 bits per heavy atom. The lowest BCUT2D eigenvalue weighted by Gasteiger charge is -2.26. The molecule has 2 N–H and O–H groups in total. The van der Waals surface area contributed by atoms with E-state index in [2.05, 4.69) is 0 Å². The Hall–Kier alpha value is -3.10. The second-order valence-corrected chi connectivity index (χ2v) is 8.93. The number of hydrogen-bond donors (Lipinski definition) is 2. The predicted molar refractivity (Wildman–Crippen MR) is 137 cm³/mol. The van der Waals surface area contributed by atoms with Gasteiger partial charge in [-0.15, -0.1) is 0 Å². The largest absolute Gasteiger partial charge is 0.507 e. The summed E-state index contributed by atoms with van der Waals surface area (Å²) in [7, 11) is 2.73. The van der Waals surface area contributed by atoms with E-state index in [4.69, 9.17) is 37.4 Å². The van der Waals surface area contributed by atoms with Crippen molar-refractivity contribution in [1.29, 1.82) is 0 Å². The van der Waals surface area contributed by atoms with Crippen molar-refractivity contribution in [2.24, 2.45) is 0 Å². The van der Waals surface area contributed by atoms with Crippen molar-refractivity contribution in [3.63, 3.8) is 0 Å². The van der Waals surface area contributed by atoms with Crippen LogP contribution in [0.5, 0.6) is 23.0 Å². The molecular formula is C26H29Cl2NO7. The highest BCUT2D eigenvalue weighted by atomic mass is 35.5. The van der Waals surface area contributed by atoms with Gasteiger partial charge >= 0.3 is 0 Å². The first-order valence-electron chi connectivity index (χ1n) is 11.6. The molecule has 2 aromatic carbocycles. The van der Waals surface area contributed by atoms with E-state index in [0.717, 1.165) is 12.8 Å². The number of ketones is 1. The first-order valence-corrected chi connectivity index (χ1v) is 12.3. The lowest BCUT2D eigenvalue weighted by molar-refractivity contribution is -0.139. The lowest BCUT2D eigenvalue weighted by Crippen LogP contribution is -2.30. The van der Waals surface area contributed by atoms with Gasteiger partial charge in [-0.1, -0.05) is 49.0 Å². The Kier molecular flexibility index (Phi) is 8.98. The predicted octanol–water partition coefficient (Wildman–Crippen LogP) is 5.73. The van der Waals surface area contributed by atoms with Gasteiger partial charge in [0.25, 0.3) is 11.7 Å². The third-order valence-electron chi connectivity index (χ3n) is 5.94. The van der Waals surface area contributed by atoms with Crippen molar-refractivity contribution in [3.8, 4) is 23.0 Å². The number of halogens is 2. The van der Waals surface area contributed by atoms with Crippen molar-refractivity contribution in [3.05, 3.63) is 51.0 Å². The average molecular weight is 538 g/mol. The lowest BCUT2D eigenvalue weighted by atomic mass is 9.94. The molecule has 0 aromatic heterocycles. The summed E-state index contributed by atoms with van der Waals surface area (Å²) in [6.45, 7) is 4.40. The molecule has 0 radical (unpaired) electrons. The number of carbonyl (C=O) groups excluding carboxylic acids is 2. The molecule has 1 amide bonds. The minimum absolute atomic E-state index is 0.00559. The van der Waals surface area contributed by atoms with Gasteiger partial charge in [0.2, 0.25) is 0 Å². The van der Waals surface area contributed by atoms with Crippen LogP contribution in [0, 0.1) is 0 Å². The van der Waals surface area contributed by atoms with Crippen LogP contribution in [0.1, 0.15) is 50.3 Å². The maximum absolute atomic E-state index is 13.3. The van der Waals surface area contributed by atoms with Gasteiger partial charge in [0, 0.05) is 6.54 Å². The molecule has 1 heterocycles. The molecule has 0 spiro atoms. The second kappa shape index (κ2) is 11.8. The van der Waals surface area contributed by atoms with Crippen molar-refractivity contribution in [2.75, 3.05) is 27.4 Å². The number of aliphatic hydroxyl groups is 1. The average Bonchev–Trinajstić information content (AvgIpc) is 3.10. The number of rotatable bonds is 10. The molecule has 194 valence electrons. The first-order chi connectivity index (χ1) is 17.2. The van der Waals surface area contributed by atoms with Crippen LogP contribution in [0.15, 0.2) is 29.8 Å². The Morgan fingerprint density at radius 3 is 2.36 bits per heavy atom. The Morgan fingerprint density at radius 1 is 1.06 bits per heavy atom. The molecule has 10 heteroatoms. The third kappa shape index (κ3) is 5.06. The van der Waals surface area contributed by atoms with Crippen LogP contribution in [0.3, 0.4) is 0 Å². The fourth-order valence-corrected chi connectivity index (χ4v) is 4.94. The number of phenols is 1. The number of likely N-dealkylation sites (tertiary alicyclic amines) is 1. The van der Waals surface area contributed by atoms with E-state index in [1.807, 2.05) is 6.92 Å². The number of benzene rings is 2. The molecule has 1 aliphatic heterocycles. The molecule has 3 rings (SSSR count). The SMILES string of the molecule is CCCCCN1C(=O)C(=O)/C(=C(/O)c2cc(Cl)c(OC)c(Cl)c2OC)C1c1ccc(O)c(OCC)c1. The number of phenolic OH excluding ortho intramolecular Hbond substituents is 1. The zero-order chi connectivity index (χ0) is 26.6. The van der Waals surface area contributed by atoms with Gasteiger partial charge in [-0.2, -0.15) is 0 Å². The van der Waals surface area contributed by atoms with Gasteiger partial charge < -0.3 is 29.3 Å². The molecule has 0 bridgehead atoms. The van der Waals surface area contributed by atoms with Crippen molar-refractivity contribution >= 4 is 40.7 Å². The van der Waals surface area contributed by atoms with Gasteiger partial charge in [0.1, 0.15) is 10.8 Å². The smallest absolute Gasteiger partial charge is 0.295 e. The molecule has 1 atom stereocenters. The Bertz CT molecular complexity index is 1200. The standard InChI is InChI=1S/C26H29Cl2NO7/c1-5-7-8-11-29-21(14-9-10-17(30)18(12-14)36-6-2)19(23(32)26(29)33)22(31)15-13-16(27)25(35-4)20(28)24(15)34-3/h9-10,12-13,21,30-31H,5-8,11H2,1-4H3/b22-19+. The number of nitrogens with zero attached hydrogens (tertiary/aromatic N) is 1. The molecule has 1 fully saturated rings. The number of hydrogen-bond acceptors (Lipinski definition) is 7. The van der Waals surface area contributed by atoms with E-state index in [0.29, 0.717) is 25.1 Å². The summed E-state index contributed by atoms with van der Waals surface area (Å²) in [6.07, 6.45) is 2.44. The highest BCUT2D eigenvalue weighted by Crippen LogP contribution is 2.47. The zero-order valence-corrected chi connectivity index (χ0v) is 22.1. The maximum Gasteiger partial charge on any atom is 0.295 e. The monoisotopic (exact) mass is 537 g/mol. The highest BCUT2D eigenvalue weighted by molar-refractivity contribution is 6.47. The molecule has 0 saturated carbocycles. The summed E-state index contributed by atoms with van der Waals surface area (Å²) >= 11 is 12.7. The van der Waals surface area contributed by atoms with E-state index < -0.39 is 23.5 Å². The topological polar surface area (TPSA) is 106 Å². The number of Topliss-reactive ketones (excluding diaryl/α,β-unsaturated/α-hetero) is 1. The van der Waals surface area contributed by atoms with Gasteiger partial charge in [0.05, 0.1) is 43.0 Å². The minimum Gasteiger partial charge on any atom is -0.507 e. The van der Waals surface area contributed by atoms with E-state index in [1.54, 1.807) is 19.1 Å². The van der Waals surface area contributed by atoms with Crippen molar-refractivity contribution in [2.45, 2.75) is 39.2 Å². The van der Waals surface area contributed by atoms with Crippen LogP contribution >= 0.6 is 23.2 Å². The molecule has 1 unspecified atom stereocenters. The Balaban J connectivity index is 2.28. The third-order valence-corrected chi connectivity index (χ3v) is 6.56. The summed E-state index contributed by atoms with van der Waals surface area (Å²) < 4.78 is 16.1. The molecule has 1 saturated heterocycles. The molecule has 2 aromatic rings. The summed E-state index contributed by atoms with van der Waals surface area (Å²) in [5.41, 5.74) is 0.368. The second-order valence-electron chi connectivity index (χ2n) is 8.15. The fraction of sp³-hybridized carbons (Fsp3) is 0.385. The summed E-state index contributed by atoms with van der Waals surface area (Å²) in [4.78, 5) is 27.9. The van der Waals surface area contributed by atoms with Gasteiger partial charge in [-0.3, -0.25) is 9.59 Å². The van der Waals surface area contributed by atoms with Gasteiger partial charge in [-0.25, -0.2) is 0 Å².